The lowest BCUT2D eigenvalue weighted by atomic mass is 10.2. The van der Waals surface area contributed by atoms with E-state index >= 15 is 0 Å². The molecule has 54 valence electrons. The number of methoxy groups -OCH3 is 1. The zero-order valence-corrected chi connectivity index (χ0v) is 6.51. The fraction of sp³-hybridized carbons (Fsp3) is 0.375. The maximum Gasteiger partial charge on any atom is 0.137 e. The van der Waals surface area contributed by atoms with Gasteiger partial charge in [0.05, 0.1) is 13.3 Å². The molecular formula is C8H11NO. The van der Waals surface area contributed by atoms with E-state index in [1.165, 1.54) is 5.56 Å². The molecule has 0 N–H and O–H groups in total. The number of rotatable bonds is 1. The first-order valence-electron chi connectivity index (χ1n) is 3.21. The van der Waals surface area contributed by atoms with Crippen LogP contribution in [-0.2, 0) is 0 Å². The predicted molar refractivity (Wildman–Crippen MR) is 40.3 cm³/mol. The summed E-state index contributed by atoms with van der Waals surface area (Å²) >= 11 is 0. The lowest BCUT2D eigenvalue weighted by Gasteiger charge is -2.01. The van der Waals surface area contributed by atoms with E-state index in [0.29, 0.717) is 0 Å². The van der Waals surface area contributed by atoms with Gasteiger partial charge in [0.1, 0.15) is 5.75 Å². The lowest BCUT2D eigenvalue weighted by Crippen LogP contribution is -1.89. The van der Waals surface area contributed by atoms with Crippen LogP contribution < -0.4 is 4.74 Å². The average Bonchev–Trinajstić information content (AvgIpc) is 1.95. The van der Waals surface area contributed by atoms with Crippen LogP contribution in [0.5, 0.6) is 5.75 Å². The highest BCUT2D eigenvalue weighted by atomic mass is 16.5. The van der Waals surface area contributed by atoms with E-state index in [4.69, 9.17) is 4.74 Å². The van der Waals surface area contributed by atoms with E-state index in [0.717, 1.165) is 11.4 Å². The molecule has 1 rings (SSSR count). The fourth-order valence-electron chi connectivity index (χ4n) is 0.729. The van der Waals surface area contributed by atoms with Gasteiger partial charge in [-0.25, -0.2) is 0 Å². The van der Waals surface area contributed by atoms with Crippen molar-refractivity contribution in [2.24, 2.45) is 0 Å². The fourth-order valence-corrected chi connectivity index (χ4v) is 0.729. The van der Waals surface area contributed by atoms with E-state index in [1.807, 2.05) is 19.9 Å². The first-order valence-corrected chi connectivity index (χ1v) is 3.21. The van der Waals surface area contributed by atoms with Crippen molar-refractivity contribution in [3.8, 4) is 5.75 Å². The summed E-state index contributed by atoms with van der Waals surface area (Å²) in [6, 6.07) is 1.97. The minimum Gasteiger partial charge on any atom is -0.495 e. The maximum atomic E-state index is 4.99. The van der Waals surface area contributed by atoms with Crippen LogP contribution in [0.2, 0.25) is 0 Å². The Morgan fingerprint density at radius 1 is 1.40 bits per heavy atom. The topological polar surface area (TPSA) is 22.1 Å². The van der Waals surface area contributed by atoms with Gasteiger partial charge in [-0.2, -0.15) is 0 Å². The summed E-state index contributed by atoms with van der Waals surface area (Å²) in [5.41, 5.74) is 2.22. The van der Waals surface area contributed by atoms with E-state index < -0.39 is 0 Å². The quantitative estimate of drug-likeness (QED) is 0.587. The molecule has 0 saturated heterocycles. The van der Waals surface area contributed by atoms with Crippen LogP contribution in [0.25, 0.3) is 0 Å². The van der Waals surface area contributed by atoms with Crippen molar-refractivity contribution in [1.29, 1.82) is 0 Å². The normalized spacial score (nSPS) is 9.50. The molecular weight excluding hydrogens is 126 g/mol. The zero-order valence-electron chi connectivity index (χ0n) is 6.51. The maximum absolute atomic E-state index is 4.99. The standard InChI is InChI=1S/C8H11NO/c1-6-4-8(10-3)5-9-7(6)2/h4-5H,1-3H3. The second-order valence-corrected chi connectivity index (χ2v) is 2.28. The van der Waals surface area contributed by atoms with Gasteiger partial charge in [0.15, 0.2) is 0 Å². The van der Waals surface area contributed by atoms with Crippen molar-refractivity contribution < 1.29 is 4.74 Å². The van der Waals surface area contributed by atoms with Gasteiger partial charge in [0.2, 0.25) is 0 Å². The molecule has 0 atom stereocenters. The van der Waals surface area contributed by atoms with Crippen molar-refractivity contribution in [2.75, 3.05) is 7.11 Å². The van der Waals surface area contributed by atoms with E-state index in [2.05, 4.69) is 4.98 Å². The van der Waals surface area contributed by atoms with Crippen molar-refractivity contribution in [3.05, 3.63) is 23.5 Å². The van der Waals surface area contributed by atoms with Gasteiger partial charge in [-0.3, -0.25) is 4.98 Å². The second-order valence-electron chi connectivity index (χ2n) is 2.28. The third-order valence-electron chi connectivity index (χ3n) is 1.55. The highest BCUT2D eigenvalue weighted by Crippen LogP contribution is 2.12. The highest BCUT2D eigenvalue weighted by Gasteiger charge is 1.94. The van der Waals surface area contributed by atoms with Crippen LogP contribution in [0.1, 0.15) is 11.3 Å². The molecule has 0 aliphatic rings. The Morgan fingerprint density at radius 2 is 2.10 bits per heavy atom. The highest BCUT2D eigenvalue weighted by molar-refractivity contribution is 5.27. The van der Waals surface area contributed by atoms with Crippen LogP contribution in [0, 0.1) is 13.8 Å². The number of hydrogen-bond donors (Lipinski definition) is 0. The average molecular weight is 137 g/mol. The monoisotopic (exact) mass is 137 g/mol. The lowest BCUT2D eigenvalue weighted by molar-refractivity contribution is 0.412. The number of ether oxygens (including phenoxy) is 1. The van der Waals surface area contributed by atoms with Crippen LogP contribution in [0.4, 0.5) is 0 Å². The summed E-state index contributed by atoms with van der Waals surface area (Å²) in [7, 11) is 1.64. The number of aryl methyl sites for hydroxylation is 2. The minimum absolute atomic E-state index is 0.822. The Balaban J connectivity index is 3.04. The molecule has 0 aliphatic carbocycles. The minimum atomic E-state index is 0.822. The smallest absolute Gasteiger partial charge is 0.137 e. The molecule has 0 radical (unpaired) electrons. The van der Waals surface area contributed by atoms with Crippen molar-refractivity contribution >= 4 is 0 Å². The number of pyridine rings is 1. The molecule has 0 bridgehead atoms. The Morgan fingerprint density at radius 3 is 2.60 bits per heavy atom. The first kappa shape index (κ1) is 7.06. The van der Waals surface area contributed by atoms with Crippen molar-refractivity contribution in [2.45, 2.75) is 13.8 Å². The first-order chi connectivity index (χ1) is 4.74. The summed E-state index contributed by atoms with van der Waals surface area (Å²) in [6.07, 6.45) is 1.72. The van der Waals surface area contributed by atoms with Gasteiger partial charge in [-0.05, 0) is 25.5 Å². The van der Waals surface area contributed by atoms with Gasteiger partial charge in [0, 0.05) is 5.69 Å². The molecule has 0 spiro atoms. The van der Waals surface area contributed by atoms with E-state index in [9.17, 15) is 0 Å². The van der Waals surface area contributed by atoms with Crippen LogP contribution >= 0.6 is 0 Å². The van der Waals surface area contributed by atoms with Crippen LogP contribution in [-0.4, -0.2) is 12.1 Å². The third-order valence-corrected chi connectivity index (χ3v) is 1.55. The molecule has 2 heteroatoms. The van der Waals surface area contributed by atoms with Gasteiger partial charge in [-0.15, -0.1) is 0 Å². The molecule has 0 unspecified atom stereocenters. The van der Waals surface area contributed by atoms with Crippen LogP contribution in [0.3, 0.4) is 0 Å². The summed E-state index contributed by atoms with van der Waals surface area (Å²) < 4.78 is 4.99. The number of nitrogens with zero attached hydrogens (tertiary/aromatic N) is 1. The molecule has 0 aliphatic heterocycles. The Bertz CT molecular complexity index is 233. The molecule has 2 nitrogen and oxygen atoms in total. The molecule has 0 fully saturated rings. The summed E-state index contributed by atoms with van der Waals surface area (Å²) in [5, 5.41) is 0. The largest absolute Gasteiger partial charge is 0.495 e. The van der Waals surface area contributed by atoms with Gasteiger partial charge < -0.3 is 4.74 Å². The van der Waals surface area contributed by atoms with Crippen molar-refractivity contribution in [1.82, 2.24) is 4.98 Å². The second kappa shape index (κ2) is 2.69. The third kappa shape index (κ3) is 1.26. The molecule has 0 amide bonds. The molecule has 1 aromatic heterocycles. The van der Waals surface area contributed by atoms with Gasteiger partial charge in [0.25, 0.3) is 0 Å². The Labute approximate surface area is 60.9 Å². The Kier molecular flexibility index (Phi) is 1.90. The van der Waals surface area contributed by atoms with E-state index in [1.54, 1.807) is 13.3 Å². The SMILES string of the molecule is COc1cnc(C)c(C)c1. The molecule has 1 heterocycles. The predicted octanol–water partition coefficient (Wildman–Crippen LogP) is 1.71. The summed E-state index contributed by atoms with van der Waals surface area (Å²) in [5.74, 6) is 0.822. The number of hydrogen-bond acceptors (Lipinski definition) is 2. The van der Waals surface area contributed by atoms with E-state index in [-0.39, 0.29) is 0 Å². The zero-order chi connectivity index (χ0) is 7.56. The van der Waals surface area contributed by atoms with Gasteiger partial charge >= 0.3 is 0 Å². The van der Waals surface area contributed by atoms with Crippen LogP contribution in [0.15, 0.2) is 12.3 Å². The summed E-state index contributed by atoms with van der Waals surface area (Å²) in [4.78, 5) is 4.12. The molecule has 0 aromatic carbocycles. The molecule has 10 heavy (non-hydrogen) atoms. The molecule has 0 saturated carbocycles. The number of aromatic nitrogens is 1. The molecule has 1 aromatic rings. The van der Waals surface area contributed by atoms with Gasteiger partial charge in [-0.1, -0.05) is 0 Å². The summed E-state index contributed by atoms with van der Waals surface area (Å²) in [6.45, 7) is 4.00. The Hall–Kier alpha value is -1.05. The van der Waals surface area contributed by atoms with Crippen molar-refractivity contribution in [3.63, 3.8) is 0 Å².